The Balaban J connectivity index is 1.71. The number of para-hydroxylation sites is 1. The van der Waals surface area contributed by atoms with Crippen LogP contribution in [0.4, 0.5) is 0 Å². The molecular weight excluding hydrogens is 262 g/mol. The molecule has 0 spiro atoms. The molecule has 0 fully saturated rings. The number of aryl methyl sites for hydroxylation is 1. The SMILES string of the molecule is Cn1ccc2cccc(C(=O)NCCc3ccncc3)c21. The molecule has 21 heavy (non-hydrogen) atoms. The third kappa shape index (κ3) is 2.79. The smallest absolute Gasteiger partial charge is 0.253 e. The zero-order valence-corrected chi connectivity index (χ0v) is 11.9. The zero-order chi connectivity index (χ0) is 14.7. The van der Waals surface area contributed by atoms with Gasteiger partial charge in [0, 0.05) is 37.6 Å². The number of nitrogens with zero attached hydrogens (tertiary/aromatic N) is 2. The fourth-order valence-electron chi connectivity index (χ4n) is 2.50. The number of hydrogen-bond donors (Lipinski definition) is 1. The lowest BCUT2D eigenvalue weighted by molar-refractivity contribution is 0.0955. The molecule has 0 saturated carbocycles. The molecule has 106 valence electrons. The Bertz CT molecular complexity index is 762. The number of benzene rings is 1. The molecule has 0 unspecified atom stereocenters. The summed E-state index contributed by atoms with van der Waals surface area (Å²) in [4.78, 5) is 16.3. The number of fused-ring (bicyclic) bond motifs is 1. The largest absolute Gasteiger partial charge is 0.352 e. The van der Waals surface area contributed by atoms with E-state index in [-0.39, 0.29) is 5.91 Å². The monoisotopic (exact) mass is 279 g/mol. The minimum atomic E-state index is -0.0311. The van der Waals surface area contributed by atoms with Crippen LogP contribution >= 0.6 is 0 Å². The van der Waals surface area contributed by atoms with Crippen molar-refractivity contribution in [3.63, 3.8) is 0 Å². The molecule has 0 saturated heterocycles. The van der Waals surface area contributed by atoms with Gasteiger partial charge in [0.2, 0.25) is 0 Å². The Labute approximate surface area is 123 Å². The Morgan fingerprint density at radius 1 is 1.19 bits per heavy atom. The van der Waals surface area contributed by atoms with Gasteiger partial charge in [-0.25, -0.2) is 0 Å². The molecule has 0 aliphatic carbocycles. The van der Waals surface area contributed by atoms with Crippen LogP contribution in [-0.2, 0) is 13.5 Å². The van der Waals surface area contributed by atoms with Crippen molar-refractivity contribution >= 4 is 16.8 Å². The van der Waals surface area contributed by atoms with Crippen LogP contribution in [0.15, 0.2) is 55.0 Å². The summed E-state index contributed by atoms with van der Waals surface area (Å²) < 4.78 is 1.98. The molecule has 1 amide bonds. The van der Waals surface area contributed by atoms with Crippen molar-refractivity contribution in [3.05, 3.63) is 66.1 Å². The number of carbonyl (C=O) groups is 1. The highest BCUT2D eigenvalue weighted by Crippen LogP contribution is 2.19. The van der Waals surface area contributed by atoms with Gasteiger partial charge in [0.1, 0.15) is 0 Å². The maximum Gasteiger partial charge on any atom is 0.253 e. The molecule has 3 aromatic rings. The summed E-state index contributed by atoms with van der Waals surface area (Å²) in [6, 6.07) is 11.7. The van der Waals surface area contributed by atoms with Gasteiger partial charge < -0.3 is 9.88 Å². The van der Waals surface area contributed by atoms with Crippen LogP contribution in [0.3, 0.4) is 0 Å². The normalized spacial score (nSPS) is 10.7. The molecule has 2 heterocycles. The van der Waals surface area contributed by atoms with Gasteiger partial charge in [-0.1, -0.05) is 12.1 Å². The third-order valence-electron chi connectivity index (χ3n) is 3.59. The van der Waals surface area contributed by atoms with Crippen molar-refractivity contribution in [3.8, 4) is 0 Å². The predicted molar refractivity (Wildman–Crippen MR) is 83.2 cm³/mol. The number of hydrogen-bond acceptors (Lipinski definition) is 2. The van der Waals surface area contributed by atoms with Gasteiger partial charge in [-0.3, -0.25) is 9.78 Å². The lowest BCUT2D eigenvalue weighted by Crippen LogP contribution is -2.26. The van der Waals surface area contributed by atoms with Crippen molar-refractivity contribution in [2.45, 2.75) is 6.42 Å². The van der Waals surface area contributed by atoms with Crippen LogP contribution in [0.25, 0.3) is 10.9 Å². The minimum absolute atomic E-state index is 0.0311. The first kappa shape index (κ1) is 13.4. The fourth-order valence-corrected chi connectivity index (χ4v) is 2.50. The van der Waals surface area contributed by atoms with Gasteiger partial charge in [-0.05, 0) is 36.2 Å². The Morgan fingerprint density at radius 3 is 2.81 bits per heavy atom. The summed E-state index contributed by atoms with van der Waals surface area (Å²) in [5, 5.41) is 4.07. The first-order valence-electron chi connectivity index (χ1n) is 6.97. The highest BCUT2D eigenvalue weighted by Gasteiger charge is 2.11. The van der Waals surface area contributed by atoms with Crippen molar-refractivity contribution < 1.29 is 4.79 Å². The average Bonchev–Trinajstić information content (AvgIpc) is 2.90. The average molecular weight is 279 g/mol. The molecule has 0 aliphatic rings. The summed E-state index contributed by atoms with van der Waals surface area (Å²) in [5.74, 6) is -0.0311. The molecule has 1 N–H and O–H groups in total. The number of pyridine rings is 1. The first-order valence-corrected chi connectivity index (χ1v) is 6.97. The summed E-state index contributed by atoms with van der Waals surface area (Å²) in [7, 11) is 1.95. The van der Waals surface area contributed by atoms with E-state index in [0.29, 0.717) is 6.54 Å². The van der Waals surface area contributed by atoms with E-state index in [1.807, 2.05) is 54.2 Å². The van der Waals surface area contributed by atoms with E-state index in [1.165, 1.54) is 5.56 Å². The number of carbonyl (C=O) groups excluding carboxylic acids is 1. The Kier molecular flexibility index (Phi) is 3.69. The van der Waals surface area contributed by atoms with Crippen molar-refractivity contribution in [1.82, 2.24) is 14.9 Å². The number of rotatable bonds is 4. The van der Waals surface area contributed by atoms with E-state index in [0.717, 1.165) is 22.9 Å². The lowest BCUT2D eigenvalue weighted by atomic mass is 10.1. The lowest BCUT2D eigenvalue weighted by Gasteiger charge is -2.08. The van der Waals surface area contributed by atoms with E-state index < -0.39 is 0 Å². The summed E-state index contributed by atoms with van der Waals surface area (Å²) >= 11 is 0. The second-order valence-corrected chi connectivity index (χ2v) is 5.03. The second-order valence-electron chi connectivity index (χ2n) is 5.03. The summed E-state index contributed by atoms with van der Waals surface area (Å²) in [6.45, 7) is 0.615. The van der Waals surface area contributed by atoms with Crippen LogP contribution in [0.5, 0.6) is 0 Å². The third-order valence-corrected chi connectivity index (χ3v) is 3.59. The highest BCUT2D eigenvalue weighted by atomic mass is 16.1. The predicted octanol–water partition coefficient (Wildman–Crippen LogP) is 2.55. The number of aromatic nitrogens is 2. The van der Waals surface area contributed by atoms with Gasteiger partial charge in [0.15, 0.2) is 0 Å². The molecule has 3 rings (SSSR count). The minimum Gasteiger partial charge on any atom is -0.352 e. The summed E-state index contributed by atoms with van der Waals surface area (Å²) in [5.41, 5.74) is 2.86. The van der Waals surface area contributed by atoms with Crippen molar-refractivity contribution in [2.75, 3.05) is 6.54 Å². The van der Waals surface area contributed by atoms with E-state index in [4.69, 9.17) is 0 Å². The maximum atomic E-state index is 12.4. The fraction of sp³-hybridized carbons (Fsp3) is 0.176. The van der Waals surface area contributed by atoms with Gasteiger partial charge >= 0.3 is 0 Å². The van der Waals surface area contributed by atoms with Crippen LogP contribution in [0.1, 0.15) is 15.9 Å². The van der Waals surface area contributed by atoms with Crippen LogP contribution in [0.2, 0.25) is 0 Å². The number of nitrogens with one attached hydrogen (secondary N) is 1. The molecule has 0 radical (unpaired) electrons. The van der Waals surface area contributed by atoms with E-state index in [2.05, 4.69) is 10.3 Å². The van der Waals surface area contributed by atoms with E-state index in [1.54, 1.807) is 12.4 Å². The number of amides is 1. The molecule has 2 aromatic heterocycles. The molecule has 0 bridgehead atoms. The molecular formula is C17H17N3O. The van der Waals surface area contributed by atoms with E-state index in [9.17, 15) is 4.79 Å². The zero-order valence-electron chi connectivity index (χ0n) is 11.9. The van der Waals surface area contributed by atoms with Gasteiger partial charge in [-0.15, -0.1) is 0 Å². The molecule has 0 atom stereocenters. The van der Waals surface area contributed by atoms with Crippen LogP contribution in [0, 0.1) is 0 Å². The Morgan fingerprint density at radius 2 is 2.00 bits per heavy atom. The van der Waals surface area contributed by atoms with Crippen LogP contribution < -0.4 is 5.32 Å². The first-order chi connectivity index (χ1) is 10.3. The quantitative estimate of drug-likeness (QED) is 0.798. The summed E-state index contributed by atoms with van der Waals surface area (Å²) in [6.07, 6.45) is 6.31. The van der Waals surface area contributed by atoms with Gasteiger partial charge in [0.25, 0.3) is 5.91 Å². The second kappa shape index (κ2) is 5.79. The molecule has 1 aromatic carbocycles. The highest BCUT2D eigenvalue weighted by molar-refractivity contribution is 6.05. The molecule has 4 heteroatoms. The maximum absolute atomic E-state index is 12.4. The molecule has 0 aliphatic heterocycles. The molecule has 4 nitrogen and oxygen atoms in total. The topological polar surface area (TPSA) is 46.9 Å². The van der Waals surface area contributed by atoms with Crippen molar-refractivity contribution in [2.24, 2.45) is 7.05 Å². The van der Waals surface area contributed by atoms with Crippen molar-refractivity contribution in [1.29, 1.82) is 0 Å². The van der Waals surface area contributed by atoms with Crippen LogP contribution in [-0.4, -0.2) is 22.0 Å². The van der Waals surface area contributed by atoms with E-state index >= 15 is 0 Å². The van der Waals surface area contributed by atoms with Gasteiger partial charge in [-0.2, -0.15) is 0 Å². The standard InChI is InChI=1S/C17H17N3O/c1-20-12-8-14-3-2-4-15(16(14)20)17(21)19-11-7-13-5-9-18-10-6-13/h2-6,8-10,12H,7,11H2,1H3,(H,19,21). The Hall–Kier alpha value is -2.62. The van der Waals surface area contributed by atoms with Gasteiger partial charge in [0.05, 0.1) is 11.1 Å².